The molecule has 4 aromatic rings. The van der Waals surface area contributed by atoms with Gasteiger partial charge in [-0.1, -0.05) is 57.6 Å². The van der Waals surface area contributed by atoms with Gasteiger partial charge in [0.05, 0.1) is 38.9 Å². The zero-order valence-electron chi connectivity index (χ0n) is 20.2. The summed E-state index contributed by atoms with van der Waals surface area (Å²) in [7, 11) is 0. The molecule has 2 aromatic carbocycles. The normalized spacial score (nSPS) is 15.2. The minimum Gasteiger partial charge on any atom is -0.463 e. The maximum Gasteiger partial charge on any atom is 0.338 e. The number of esters is 1. The maximum absolute atomic E-state index is 13.7. The highest BCUT2D eigenvalue weighted by molar-refractivity contribution is 9.10. The number of benzene rings is 2. The van der Waals surface area contributed by atoms with Crippen LogP contribution in [0.3, 0.4) is 0 Å². The van der Waals surface area contributed by atoms with Crippen molar-refractivity contribution in [3.63, 3.8) is 0 Å². The number of hydrogen-bond acceptors (Lipinski definition) is 8. The van der Waals surface area contributed by atoms with Crippen molar-refractivity contribution in [1.29, 1.82) is 0 Å². The molecule has 192 valence electrons. The SMILES string of the molecule is CCOC(=O)C1=C(C)N=c2s/c(=C/c3ccc(-c4ccc(Br)cc4[N+](=O)[O-])o3)c(=O)n2C1c1ccccc1. The number of carbonyl (C=O) groups is 1. The van der Waals surface area contributed by atoms with Crippen LogP contribution in [0.1, 0.15) is 31.2 Å². The van der Waals surface area contributed by atoms with Crippen LogP contribution in [0.4, 0.5) is 5.69 Å². The molecule has 0 saturated heterocycles. The summed E-state index contributed by atoms with van der Waals surface area (Å²) in [5.74, 6) is 0.120. The van der Waals surface area contributed by atoms with E-state index in [1.165, 1.54) is 22.0 Å². The Morgan fingerprint density at radius 3 is 2.71 bits per heavy atom. The molecule has 0 bridgehead atoms. The van der Waals surface area contributed by atoms with Crippen LogP contribution in [0.5, 0.6) is 0 Å². The Balaban J connectivity index is 1.63. The van der Waals surface area contributed by atoms with Gasteiger partial charge in [-0.15, -0.1) is 0 Å². The summed E-state index contributed by atoms with van der Waals surface area (Å²) in [4.78, 5) is 42.6. The van der Waals surface area contributed by atoms with Gasteiger partial charge in [0.15, 0.2) is 4.80 Å². The molecule has 0 fully saturated rings. The molecule has 5 rings (SSSR count). The number of rotatable bonds is 6. The van der Waals surface area contributed by atoms with Crippen LogP contribution >= 0.6 is 27.3 Å². The monoisotopic (exact) mass is 593 g/mol. The summed E-state index contributed by atoms with van der Waals surface area (Å²) in [5.41, 5.74) is 1.40. The third-order valence-electron chi connectivity index (χ3n) is 5.95. The number of carbonyl (C=O) groups excluding carboxylic acids is 1. The van der Waals surface area contributed by atoms with Gasteiger partial charge in [0.25, 0.3) is 11.2 Å². The van der Waals surface area contributed by atoms with E-state index in [0.29, 0.717) is 42.2 Å². The van der Waals surface area contributed by atoms with Gasteiger partial charge in [-0.05, 0) is 43.7 Å². The summed E-state index contributed by atoms with van der Waals surface area (Å²) in [6.07, 6.45) is 1.57. The molecule has 1 aliphatic rings. The maximum atomic E-state index is 13.7. The fraction of sp³-hybridized carbons (Fsp3) is 0.148. The van der Waals surface area contributed by atoms with E-state index < -0.39 is 16.9 Å². The number of nitro groups is 1. The lowest BCUT2D eigenvalue weighted by molar-refractivity contribution is -0.384. The van der Waals surface area contributed by atoms with Gasteiger partial charge < -0.3 is 9.15 Å². The van der Waals surface area contributed by atoms with Gasteiger partial charge in [-0.25, -0.2) is 9.79 Å². The Morgan fingerprint density at radius 2 is 2.00 bits per heavy atom. The van der Waals surface area contributed by atoms with Gasteiger partial charge in [0.2, 0.25) is 0 Å². The lowest BCUT2D eigenvalue weighted by atomic mass is 9.96. The minimum absolute atomic E-state index is 0.107. The van der Waals surface area contributed by atoms with Gasteiger partial charge in [0.1, 0.15) is 11.5 Å². The standard InChI is InChI=1S/C27H20BrN3O6S/c1-3-36-26(33)23-15(2)29-27-30(24(23)16-7-5-4-6-8-16)25(32)22(38-27)14-18-10-12-21(37-18)19-11-9-17(28)13-20(19)31(34)35/h4-14,24H,3H2,1-2H3/b22-14+. The number of aromatic nitrogens is 1. The van der Waals surface area contributed by atoms with Crippen LogP contribution < -0.4 is 14.9 Å². The molecular formula is C27H20BrN3O6S. The highest BCUT2D eigenvalue weighted by atomic mass is 79.9. The number of furan rings is 1. The minimum atomic E-state index is -0.703. The zero-order valence-corrected chi connectivity index (χ0v) is 22.6. The summed E-state index contributed by atoms with van der Waals surface area (Å²) in [5, 5.41) is 11.5. The van der Waals surface area contributed by atoms with E-state index in [9.17, 15) is 19.7 Å². The van der Waals surface area contributed by atoms with Crippen molar-refractivity contribution < 1.29 is 18.9 Å². The topological polar surface area (TPSA) is 117 Å². The average molecular weight is 594 g/mol. The van der Waals surface area contributed by atoms with Crippen LogP contribution in [0.15, 0.2) is 90.6 Å². The second kappa shape index (κ2) is 10.3. The smallest absolute Gasteiger partial charge is 0.338 e. The molecule has 38 heavy (non-hydrogen) atoms. The van der Waals surface area contributed by atoms with Crippen molar-refractivity contribution in [2.24, 2.45) is 4.99 Å². The predicted octanol–water partition coefficient (Wildman–Crippen LogP) is 4.73. The Morgan fingerprint density at radius 1 is 1.24 bits per heavy atom. The first-order valence-corrected chi connectivity index (χ1v) is 13.2. The predicted molar refractivity (Wildman–Crippen MR) is 145 cm³/mol. The van der Waals surface area contributed by atoms with Gasteiger partial charge in [-0.2, -0.15) is 0 Å². The van der Waals surface area contributed by atoms with Crippen molar-refractivity contribution in [1.82, 2.24) is 4.57 Å². The largest absolute Gasteiger partial charge is 0.463 e. The number of hydrogen-bond donors (Lipinski definition) is 0. The number of nitrogens with zero attached hydrogens (tertiary/aromatic N) is 3. The van der Waals surface area contributed by atoms with Crippen molar-refractivity contribution in [3.05, 3.63) is 118 Å². The molecule has 0 aliphatic carbocycles. The molecule has 9 nitrogen and oxygen atoms in total. The number of halogens is 1. The van der Waals surface area contributed by atoms with E-state index in [0.717, 1.165) is 5.56 Å². The second-order valence-corrected chi connectivity index (χ2v) is 10.3. The molecule has 1 unspecified atom stereocenters. The Bertz CT molecular complexity index is 1780. The first-order chi connectivity index (χ1) is 18.3. The van der Waals surface area contributed by atoms with Crippen LogP contribution in [-0.4, -0.2) is 22.1 Å². The van der Waals surface area contributed by atoms with Crippen LogP contribution in [0.25, 0.3) is 17.4 Å². The average Bonchev–Trinajstić information content (AvgIpc) is 3.48. The van der Waals surface area contributed by atoms with Crippen LogP contribution in [0, 0.1) is 10.1 Å². The number of ether oxygens (including phenoxy) is 1. The molecule has 3 heterocycles. The van der Waals surface area contributed by atoms with E-state index in [1.807, 2.05) is 30.3 Å². The lowest BCUT2D eigenvalue weighted by Crippen LogP contribution is -2.39. The third-order valence-corrected chi connectivity index (χ3v) is 7.43. The van der Waals surface area contributed by atoms with Crippen LogP contribution in [0.2, 0.25) is 0 Å². The third kappa shape index (κ3) is 4.66. The van der Waals surface area contributed by atoms with Crippen molar-refractivity contribution >= 4 is 45.0 Å². The zero-order chi connectivity index (χ0) is 27.0. The molecule has 0 spiro atoms. The molecule has 0 saturated carbocycles. The van der Waals surface area contributed by atoms with Crippen LogP contribution in [-0.2, 0) is 9.53 Å². The quantitative estimate of drug-likeness (QED) is 0.181. The molecule has 1 aliphatic heterocycles. The Labute approximate surface area is 228 Å². The molecule has 1 atom stereocenters. The van der Waals surface area contributed by atoms with Crippen molar-refractivity contribution in [2.75, 3.05) is 6.61 Å². The van der Waals surface area contributed by atoms with Gasteiger partial charge in [0, 0.05) is 16.6 Å². The molecule has 0 radical (unpaired) electrons. The molecule has 0 amide bonds. The fourth-order valence-corrected chi connectivity index (χ4v) is 5.69. The Kier molecular flexibility index (Phi) is 6.96. The number of fused-ring (bicyclic) bond motifs is 1. The first-order valence-electron chi connectivity index (χ1n) is 11.6. The lowest BCUT2D eigenvalue weighted by Gasteiger charge is -2.24. The van der Waals surface area contributed by atoms with E-state index >= 15 is 0 Å². The summed E-state index contributed by atoms with van der Waals surface area (Å²) < 4.78 is 13.6. The summed E-state index contributed by atoms with van der Waals surface area (Å²) >= 11 is 4.42. The van der Waals surface area contributed by atoms with Gasteiger partial charge in [-0.3, -0.25) is 19.5 Å². The molecule has 0 N–H and O–H groups in total. The highest BCUT2D eigenvalue weighted by Crippen LogP contribution is 2.34. The number of thiazole rings is 1. The van der Waals surface area contributed by atoms with Crippen molar-refractivity contribution in [2.45, 2.75) is 19.9 Å². The fourth-order valence-electron chi connectivity index (χ4n) is 4.31. The molecular weight excluding hydrogens is 574 g/mol. The van der Waals surface area contributed by atoms with E-state index in [2.05, 4.69) is 20.9 Å². The molecule has 2 aromatic heterocycles. The molecule has 11 heteroatoms. The van der Waals surface area contributed by atoms with Gasteiger partial charge >= 0.3 is 5.97 Å². The van der Waals surface area contributed by atoms with Crippen molar-refractivity contribution in [3.8, 4) is 11.3 Å². The highest BCUT2D eigenvalue weighted by Gasteiger charge is 2.33. The second-order valence-electron chi connectivity index (χ2n) is 8.33. The summed E-state index contributed by atoms with van der Waals surface area (Å²) in [6, 6.07) is 16.5. The summed E-state index contributed by atoms with van der Waals surface area (Å²) in [6.45, 7) is 3.64. The van der Waals surface area contributed by atoms with E-state index in [4.69, 9.17) is 9.15 Å². The van der Waals surface area contributed by atoms with E-state index in [-0.39, 0.29) is 17.9 Å². The number of nitro benzene ring substituents is 1. The number of allylic oxidation sites excluding steroid dienone is 1. The Hall–Kier alpha value is -4.09. The van der Waals surface area contributed by atoms with E-state index in [1.54, 1.807) is 44.2 Å². The first kappa shape index (κ1) is 25.6.